The van der Waals surface area contributed by atoms with Gasteiger partial charge in [-0.05, 0) is 50.1 Å². The van der Waals surface area contributed by atoms with Crippen LogP contribution in [0.25, 0.3) is 0 Å². The molecule has 3 heteroatoms. The zero-order valence-corrected chi connectivity index (χ0v) is 12.0. The second kappa shape index (κ2) is 6.37. The van der Waals surface area contributed by atoms with Crippen LogP contribution < -0.4 is 5.32 Å². The number of aromatic nitrogens is 2. The van der Waals surface area contributed by atoms with Crippen LogP contribution in [0, 0.1) is 11.8 Å². The lowest BCUT2D eigenvalue weighted by Gasteiger charge is -2.24. The lowest BCUT2D eigenvalue weighted by molar-refractivity contribution is 0.336. The van der Waals surface area contributed by atoms with Crippen LogP contribution in [-0.2, 0) is 13.5 Å². The molecular formula is C15H27N3. The Hall–Kier alpha value is -0.830. The van der Waals surface area contributed by atoms with Gasteiger partial charge in [0.1, 0.15) is 0 Å². The highest BCUT2D eigenvalue weighted by atomic mass is 15.2. The van der Waals surface area contributed by atoms with E-state index in [0.717, 1.165) is 24.8 Å². The Morgan fingerprint density at radius 2 is 2.33 bits per heavy atom. The van der Waals surface area contributed by atoms with Crippen LogP contribution in [0.1, 0.15) is 45.2 Å². The predicted octanol–water partition coefficient (Wildman–Crippen LogP) is 2.77. The Morgan fingerprint density at radius 1 is 1.50 bits per heavy atom. The van der Waals surface area contributed by atoms with Gasteiger partial charge in [0.15, 0.2) is 0 Å². The molecule has 3 unspecified atom stereocenters. The van der Waals surface area contributed by atoms with Crippen molar-refractivity contribution in [3.05, 3.63) is 18.0 Å². The summed E-state index contributed by atoms with van der Waals surface area (Å²) in [6.07, 6.45) is 8.50. The minimum Gasteiger partial charge on any atom is -0.314 e. The molecule has 0 spiro atoms. The third kappa shape index (κ3) is 3.35. The average Bonchev–Trinajstić information content (AvgIpc) is 2.94. The van der Waals surface area contributed by atoms with Crippen molar-refractivity contribution in [2.24, 2.45) is 18.9 Å². The maximum Gasteiger partial charge on any atom is 0.0492 e. The molecule has 102 valence electrons. The maximum absolute atomic E-state index is 4.25. The summed E-state index contributed by atoms with van der Waals surface area (Å²) in [5.74, 6) is 1.81. The summed E-state index contributed by atoms with van der Waals surface area (Å²) in [6, 6.07) is 2.83. The minimum absolute atomic E-state index is 0.690. The molecule has 1 aromatic rings. The van der Waals surface area contributed by atoms with Gasteiger partial charge in [0.25, 0.3) is 0 Å². The van der Waals surface area contributed by atoms with Crippen LogP contribution in [0.5, 0.6) is 0 Å². The first kappa shape index (κ1) is 13.6. The number of hydrogen-bond donors (Lipinski definition) is 1. The first-order chi connectivity index (χ1) is 8.70. The van der Waals surface area contributed by atoms with Crippen LogP contribution in [0.3, 0.4) is 0 Å². The van der Waals surface area contributed by atoms with Crippen LogP contribution >= 0.6 is 0 Å². The molecule has 1 aliphatic rings. The fourth-order valence-electron chi connectivity index (χ4n) is 3.33. The molecule has 0 aromatic carbocycles. The summed E-state index contributed by atoms with van der Waals surface area (Å²) < 4.78 is 2.00. The molecular weight excluding hydrogens is 222 g/mol. The zero-order chi connectivity index (χ0) is 13.0. The highest BCUT2D eigenvalue weighted by Gasteiger charge is 2.28. The standard InChI is InChI=1S/C15H27N3/c1-4-16-15(13-6-5-12(2)11-13)8-7-14-9-10-17-18(14)3/h9-10,12-13,15-16H,4-8,11H2,1-3H3. The Labute approximate surface area is 111 Å². The van der Waals surface area contributed by atoms with Crippen molar-refractivity contribution < 1.29 is 0 Å². The zero-order valence-electron chi connectivity index (χ0n) is 12.0. The van der Waals surface area contributed by atoms with Gasteiger partial charge in [-0.1, -0.05) is 20.3 Å². The molecule has 0 radical (unpaired) electrons. The van der Waals surface area contributed by atoms with E-state index in [4.69, 9.17) is 0 Å². The third-order valence-corrected chi connectivity index (χ3v) is 4.40. The number of aryl methyl sites for hydroxylation is 2. The summed E-state index contributed by atoms with van der Waals surface area (Å²) in [5.41, 5.74) is 1.35. The third-order valence-electron chi connectivity index (χ3n) is 4.40. The normalized spacial score (nSPS) is 25.5. The molecule has 2 rings (SSSR count). The SMILES string of the molecule is CCNC(CCc1ccnn1C)C1CCC(C)C1. The van der Waals surface area contributed by atoms with Crippen LogP contribution in [-0.4, -0.2) is 22.4 Å². The quantitative estimate of drug-likeness (QED) is 0.840. The van der Waals surface area contributed by atoms with E-state index >= 15 is 0 Å². The van der Waals surface area contributed by atoms with Gasteiger partial charge in [-0.2, -0.15) is 5.10 Å². The maximum atomic E-state index is 4.25. The van der Waals surface area contributed by atoms with E-state index < -0.39 is 0 Å². The van der Waals surface area contributed by atoms with Gasteiger partial charge in [0.2, 0.25) is 0 Å². The topological polar surface area (TPSA) is 29.9 Å². The molecule has 0 aliphatic heterocycles. The summed E-state index contributed by atoms with van der Waals surface area (Å²) >= 11 is 0. The molecule has 0 saturated heterocycles. The molecule has 1 aliphatic carbocycles. The largest absolute Gasteiger partial charge is 0.314 e. The van der Waals surface area contributed by atoms with Gasteiger partial charge in [-0.15, -0.1) is 0 Å². The van der Waals surface area contributed by atoms with Crippen LogP contribution in [0.4, 0.5) is 0 Å². The smallest absolute Gasteiger partial charge is 0.0492 e. The minimum atomic E-state index is 0.690. The summed E-state index contributed by atoms with van der Waals surface area (Å²) in [7, 11) is 2.04. The molecule has 0 amide bonds. The highest BCUT2D eigenvalue weighted by molar-refractivity contribution is 5.01. The Bertz CT molecular complexity index is 358. The van der Waals surface area contributed by atoms with Crippen molar-refractivity contribution in [1.82, 2.24) is 15.1 Å². The Kier molecular flexibility index (Phi) is 4.81. The van der Waals surface area contributed by atoms with E-state index in [1.165, 1.54) is 31.4 Å². The average molecular weight is 249 g/mol. The second-order valence-electron chi connectivity index (χ2n) is 5.83. The van der Waals surface area contributed by atoms with E-state index in [2.05, 4.69) is 30.3 Å². The molecule has 1 fully saturated rings. The van der Waals surface area contributed by atoms with Gasteiger partial charge < -0.3 is 5.32 Å². The van der Waals surface area contributed by atoms with Gasteiger partial charge in [-0.25, -0.2) is 0 Å². The van der Waals surface area contributed by atoms with Crippen LogP contribution in [0.15, 0.2) is 12.3 Å². The first-order valence-electron chi connectivity index (χ1n) is 7.41. The monoisotopic (exact) mass is 249 g/mol. The summed E-state index contributed by atoms with van der Waals surface area (Å²) in [4.78, 5) is 0. The van der Waals surface area contributed by atoms with Gasteiger partial charge >= 0.3 is 0 Å². The number of nitrogens with zero attached hydrogens (tertiary/aromatic N) is 2. The van der Waals surface area contributed by atoms with Gasteiger partial charge in [-0.3, -0.25) is 4.68 Å². The Balaban J connectivity index is 1.88. The van der Waals surface area contributed by atoms with E-state index in [9.17, 15) is 0 Å². The molecule has 1 saturated carbocycles. The Morgan fingerprint density at radius 3 is 2.89 bits per heavy atom. The summed E-state index contributed by atoms with van der Waals surface area (Å²) in [6.45, 7) is 5.69. The van der Waals surface area contributed by atoms with Crippen LogP contribution in [0.2, 0.25) is 0 Å². The molecule has 0 bridgehead atoms. The molecule has 1 heterocycles. The number of rotatable bonds is 6. The van der Waals surface area contributed by atoms with Crippen molar-refractivity contribution in [1.29, 1.82) is 0 Å². The molecule has 18 heavy (non-hydrogen) atoms. The van der Waals surface area contributed by atoms with E-state index in [-0.39, 0.29) is 0 Å². The second-order valence-corrected chi connectivity index (χ2v) is 5.83. The van der Waals surface area contributed by atoms with Crippen molar-refractivity contribution >= 4 is 0 Å². The molecule has 1 N–H and O–H groups in total. The van der Waals surface area contributed by atoms with E-state index in [1.54, 1.807) is 0 Å². The number of nitrogens with one attached hydrogen (secondary N) is 1. The van der Waals surface area contributed by atoms with E-state index in [1.807, 2.05) is 17.9 Å². The van der Waals surface area contributed by atoms with Crippen molar-refractivity contribution in [2.75, 3.05) is 6.54 Å². The van der Waals surface area contributed by atoms with Gasteiger partial charge in [0.05, 0.1) is 0 Å². The molecule has 3 atom stereocenters. The fraction of sp³-hybridized carbons (Fsp3) is 0.800. The highest BCUT2D eigenvalue weighted by Crippen LogP contribution is 2.33. The van der Waals surface area contributed by atoms with Gasteiger partial charge in [0, 0.05) is 25.0 Å². The predicted molar refractivity (Wildman–Crippen MR) is 75.5 cm³/mol. The summed E-state index contributed by atoms with van der Waals surface area (Å²) in [5, 5.41) is 7.94. The van der Waals surface area contributed by atoms with Crippen molar-refractivity contribution in [2.45, 2.75) is 52.0 Å². The van der Waals surface area contributed by atoms with Crippen molar-refractivity contribution in [3.63, 3.8) is 0 Å². The fourth-order valence-corrected chi connectivity index (χ4v) is 3.33. The lowest BCUT2D eigenvalue weighted by Crippen LogP contribution is -2.35. The molecule has 1 aromatic heterocycles. The first-order valence-corrected chi connectivity index (χ1v) is 7.41. The van der Waals surface area contributed by atoms with Crippen molar-refractivity contribution in [3.8, 4) is 0 Å². The number of hydrogen-bond acceptors (Lipinski definition) is 2. The van der Waals surface area contributed by atoms with E-state index in [0.29, 0.717) is 6.04 Å². The molecule has 3 nitrogen and oxygen atoms in total. The lowest BCUT2D eigenvalue weighted by atomic mass is 9.92.